The van der Waals surface area contributed by atoms with Gasteiger partial charge in [-0.15, -0.1) is 0 Å². The van der Waals surface area contributed by atoms with E-state index in [1.807, 2.05) is 60.7 Å². The monoisotopic (exact) mass is 374 g/mol. The van der Waals surface area contributed by atoms with E-state index in [9.17, 15) is 14.7 Å². The highest BCUT2D eigenvalue weighted by Crippen LogP contribution is 2.47. The minimum Gasteiger partial charge on any atom is -0.507 e. The van der Waals surface area contributed by atoms with Crippen LogP contribution in [0.5, 0.6) is 5.75 Å². The Morgan fingerprint density at radius 2 is 1.68 bits per heavy atom. The van der Waals surface area contributed by atoms with E-state index in [0.29, 0.717) is 12.3 Å². The summed E-state index contributed by atoms with van der Waals surface area (Å²) in [5.74, 6) is -0.405. The molecular formula is C24H22O4. The van der Waals surface area contributed by atoms with Gasteiger partial charge in [0.05, 0.1) is 5.56 Å². The molecule has 0 amide bonds. The van der Waals surface area contributed by atoms with Gasteiger partial charge in [-0.3, -0.25) is 4.79 Å². The van der Waals surface area contributed by atoms with Gasteiger partial charge in [0.25, 0.3) is 0 Å². The third-order valence-corrected chi connectivity index (χ3v) is 5.29. The molecule has 2 aromatic carbocycles. The highest BCUT2D eigenvalue weighted by molar-refractivity contribution is 5.93. The Hall–Kier alpha value is -3.14. The van der Waals surface area contributed by atoms with Gasteiger partial charge in [-0.05, 0) is 36.3 Å². The molecule has 4 heteroatoms. The van der Waals surface area contributed by atoms with Crippen LogP contribution in [0.1, 0.15) is 52.4 Å². The van der Waals surface area contributed by atoms with Gasteiger partial charge in [-0.1, -0.05) is 60.7 Å². The van der Waals surface area contributed by atoms with Crippen molar-refractivity contribution in [1.82, 2.24) is 0 Å². The van der Waals surface area contributed by atoms with Crippen LogP contribution < -0.4 is 5.63 Å². The molecule has 1 atom stereocenters. The zero-order valence-corrected chi connectivity index (χ0v) is 15.5. The average molecular weight is 374 g/mol. The second-order valence-electron chi connectivity index (χ2n) is 7.33. The smallest absolute Gasteiger partial charge is 0.343 e. The average Bonchev–Trinajstić information content (AvgIpc) is 3.55. The molecule has 0 aliphatic heterocycles. The molecule has 1 N–H and O–H groups in total. The van der Waals surface area contributed by atoms with E-state index >= 15 is 0 Å². The van der Waals surface area contributed by atoms with Crippen LogP contribution in [0.2, 0.25) is 0 Å². The Labute approximate surface area is 163 Å². The van der Waals surface area contributed by atoms with Crippen molar-refractivity contribution < 1.29 is 14.3 Å². The second kappa shape index (κ2) is 7.85. The van der Waals surface area contributed by atoms with Crippen molar-refractivity contribution in [2.75, 3.05) is 0 Å². The summed E-state index contributed by atoms with van der Waals surface area (Å²) < 4.78 is 5.35. The first-order valence-electron chi connectivity index (χ1n) is 9.62. The van der Waals surface area contributed by atoms with Crippen LogP contribution in [0.4, 0.5) is 0 Å². The first-order valence-corrected chi connectivity index (χ1v) is 9.62. The predicted molar refractivity (Wildman–Crippen MR) is 107 cm³/mol. The van der Waals surface area contributed by atoms with Gasteiger partial charge in [0, 0.05) is 18.4 Å². The Morgan fingerprint density at radius 3 is 2.29 bits per heavy atom. The number of hydrogen-bond acceptors (Lipinski definition) is 4. The van der Waals surface area contributed by atoms with Crippen molar-refractivity contribution in [3.8, 4) is 5.75 Å². The van der Waals surface area contributed by atoms with Gasteiger partial charge >= 0.3 is 5.63 Å². The molecule has 0 bridgehead atoms. The van der Waals surface area contributed by atoms with E-state index in [1.165, 1.54) is 6.07 Å². The molecule has 0 saturated heterocycles. The second-order valence-corrected chi connectivity index (χ2v) is 7.33. The van der Waals surface area contributed by atoms with Crippen molar-refractivity contribution in [2.45, 2.75) is 31.6 Å². The molecule has 1 aliphatic rings. The molecule has 3 aromatic rings. The SMILES string of the molecule is O=C(CCc1ccccc1)c1cc(O)c(C(c2ccccc2)C2CC2)c(=O)o1. The molecule has 4 rings (SSSR count). The summed E-state index contributed by atoms with van der Waals surface area (Å²) in [5, 5.41) is 10.6. The summed E-state index contributed by atoms with van der Waals surface area (Å²) >= 11 is 0. The van der Waals surface area contributed by atoms with Gasteiger partial charge in [0.1, 0.15) is 5.75 Å². The molecule has 4 nitrogen and oxygen atoms in total. The van der Waals surface area contributed by atoms with E-state index in [-0.39, 0.29) is 35.2 Å². The Bertz CT molecular complexity index is 1020. The minimum atomic E-state index is -0.621. The fourth-order valence-corrected chi connectivity index (χ4v) is 3.70. The summed E-state index contributed by atoms with van der Waals surface area (Å²) in [6.07, 6.45) is 2.80. The summed E-state index contributed by atoms with van der Waals surface area (Å²) in [6.45, 7) is 0. The summed E-state index contributed by atoms with van der Waals surface area (Å²) in [5.41, 5.74) is 1.66. The minimum absolute atomic E-state index is 0.0789. The van der Waals surface area contributed by atoms with Crippen molar-refractivity contribution in [3.63, 3.8) is 0 Å². The first-order chi connectivity index (χ1) is 13.6. The van der Waals surface area contributed by atoms with Crippen LogP contribution >= 0.6 is 0 Å². The molecule has 1 aliphatic carbocycles. The number of aryl methyl sites for hydroxylation is 1. The number of Topliss-reactive ketones (excluding diaryl/α,β-unsaturated/α-hetero) is 1. The number of carbonyl (C=O) groups is 1. The van der Waals surface area contributed by atoms with Crippen molar-refractivity contribution in [2.24, 2.45) is 5.92 Å². The number of rotatable bonds is 7. The molecule has 1 aromatic heterocycles. The standard InChI is InChI=1S/C24H22O4/c25-19(14-11-16-7-3-1-4-8-16)21-15-20(26)23(24(27)28-21)22(18-12-13-18)17-9-5-2-6-10-17/h1-10,15,18,22,26H,11-14H2. The van der Waals surface area contributed by atoms with Crippen LogP contribution in [0.15, 0.2) is 75.9 Å². The predicted octanol–water partition coefficient (Wildman–Crippen LogP) is 4.70. The lowest BCUT2D eigenvalue weighted by Gasteiger charge is -2.17. The molecule has 1 saturated carbocycles. The van der Waals surface area contributed by atoms with Crippen molar-refractivity contribution in [3.05, 3.63) is 99.6 Å². The fourth-order valence-electron chi connectivity index (χ4n) is 3.70. The fraction of sp³-hybridized carbons (Fsp3) is 0.250. The number of carbonyl (C=O) groups excluding carboxylic acids is 1. The van der Waals surface area contributed by atoms with Crippen LogP contribution in [0.25, 0.3) is 0 Å². The van der Waals surface area contributed by atoms with E-state index in [2.05, 4.69) is 0 Å². The third kappa shape index (κ3) is 3.91. The Morgan fingerprint density at radius 1 is 1.04 bits per heavy atom. The van der Waals surface area contributed by atoms with E-state index in [0.717, 1.165) is 24.0 Å². The van der Waals surface area contributed by atoms with Crippen LogP contribution in [-0.4, -0.2) is 10.9 Å². The zero-order valence-electron chi connectivity index (χ0n) is 15.5. The maximum absolute atomic E-state index is 12.7. The van der Waals surface area contributed by atoms with Gasteiger partial charge in [-0.25, -0.2) is 4.79 Å². The van der Waals surface area contributed by atoms with E-state index in [4.69, 9.17) is 4.42 Å². The first kappa shape index (κ1) is 18.2. The van der Waals surface area contributed by atoms with Crippen LogP contribution in [-0.2, 0) is 6.42 Å². The molecule has 0 spiro atoms. The molecular weight excluding hydrogens is 352 g/mol. The molecule has 142 valence electrons. The summed E-state index contributed by atoms with van der Waals surface area (Å²) in [7, 11) is 0. The highest BCUT2D eigenvalue weighted by atomic mass is 16.4. The number of hydrogen-bond donors (Lipinski definition) is 1. The van der Waals surface area contributed by atoms with E-state index < -0.39 is 5.63 Å². The zero-order chi connectivity index (χ0) is 19.5. The number of aromatic hydroxyl groups is 1. The van der Waals surface area contributed by atoms with Crippen molar-refractivity contribution in [1.29, 1.82) is 0 Å². The molecule has 28 heavy (non-hydrogen) atoms. The molecule has 1 heterocycles. The summed E-state index contributed by atoms with van der Waals surface area (Å²) in [4.78, 5) is 25.2. The molecule has 1 fully saturated rings. The highest BCUT2D eigenvalue weighted by Gasteiger charge is 2.37. The Kier molecular flexibility index (Phi) is 5.11. The normalized spacial score (nSPS) is 14.6. The number of ketones is 1. The van der Waals surface area contributed by atoms with Gasteiger partial charge < -0.3 is 9.52 Å². The molecule has 1 unspecified atom stereocenters. The van der Waals surface area contributed by atoms with E-state index in [1.54, 1.807) is 0 Å². The van der Waals surface area contributed by atoms with Gasteiger partial charge in [0.15, 0.2) is 11.5 Å². The van der Waals surface area contributed by atoms with Gasteiger partial charge in [-0.2, -0.15) is 0 Å². The maximum atomic E-state index is 12.7. The maximum Gasteiger partial charge on any atom is 0.343 e. The van der Waals surface area contributed by atoms with Gasteiger partial charge in [0.2, 0.25) is 0 Å². The lowest BCUT2D eigenvalue weighted by molar-refractivity contribution is 0.0950. The topological polar surface area (TPSA) is 67.5 Å². The lowest BCUT2D eigenvalue weighted by atomic mass is 9.87. The summed E-state index contributed by atoms with van der Waals surface area (Å²) in [6, 6.07) is 20.6. The quantitative estimate of drug-likeness (QED) is 0.609. The Balaban J connectivity index is 1.59. The largest absolute Gasteiger partial charge is 0.507 e. The lowest BCUT2D eigenvalue weighted by Crippen LogP contribution is -2.17. The molecule has 0 radical (unpaired) electrons. The number of benzene rings is 2. The van der Waals surface area contributed by atoms with Crippen LogP contribution in [0.3, 0.4) is 0 Å². The third-order valence-electron chi connectivity index (χ3n) is 5.29. The van der Waals surface area contributed by atoms with Crippen LogP contribution in [0, 0.1) is 5.92 Å². The van der Waals surface area contributed by atoms with Crippen molar-refractivity contribution >= 4 is 5.78 Å².